The van der Waals surface area contributed by atoms with Gasteiger partial charge in [-0.2, -0.15) is 0 Å². The quantitative estimate of drug-likeness (QED) is 0.666. The molecule has 0 aromatic heterocycles. The van der Waals surface area contributed by atoms with Crippen LogP contribution >= 0.6 is 0 Å². The maximum absolute atomic E-state index is 13.2. The van der Waals surface area contributed by atoms with Crippen molar-refractivity contribution in [3.05, 3.63) is 104 Å². The van der Waals surface area contributed by atoms with Crippen molar-refractivity contribution in [1.29, 1.82) is 0 Å². The summed E-state index contributed by atoms with van der Waals surface area (Å²) < 4.78 is 5.54. The van der Waals surface area contributed by atoms with Gasteiger partial charge in [0.1, 0.15) is 5.92 Å². The van der Waals surface area contributed by atoms with E-state index in [1.807, 2.05) is 0 Å². The standard InChI is InChI=1S/C20H14N2O5/c1-21-20-16(22(25)26)14(11-7-3-2-4-8-11)15-17(23)12-9-5-6-10-13(12)18(24)19(15)27-20/h2-10,14,21H,1H3. The molecule has 1 unspecified atom stereocenters. The number of nitro groups is 1. The maximum Gasteiger partial charge on any atom is 0.317 e. The number of hydrogen-bond acceptors (Lipinski definition) is 6. The first-order valence-electron chi connectivity index (χ1n) is 8.26. The zero-order valence-corrected chi connectivity index (χ0v) is 14.3. The normalized spacial score (nSPS) is 18.6. The van der Waals surface area contributed by atoms with E-state index in [9.17, 15) is 19.7 Å². The third kappa shape index (κ3) is 2.43. The van der Waals surface area contributed by atoms with Crippen LogP contribution in [0.2, 0.25) is 0 Å². The Morgan fingerprint density at radius 3 is 2.15 bits per heavy atom. The summed E-state index contributed by atoms with van der Waals surface area (Å²) in [6, 6.07) is 15.0. The molecule has 1 atom stereocenters. The van der Waals surface area contributed by atoms with Gasteiger partial charge in [0.2, 0.25) is 5.78 Å². The highest BCUT2D eigenvalue weighted by Gasteiger charge is 2.48. The third-order valence-electron chi connectivity index (χ3n) is 4.67. The Labute approximate surface area is 154 Å². The minimum absolute atomic E-state index is 0.00407. The summed E-state index contributed by atoms with van der Waals surface area (Å²) in [5, 5.41) is 14.5. The van der Waals surface area contributed by atoms with Crippen LogP contribution in [-0.2, 0) is 4.74 Å². The molecule has 0 saturated carbocycles. The van der Waals surface area contributed by atoms with Gasteiger partial charge in [0.05, 0.1) is 10.5 Å². The van der Waals surface area contributed by atoms with Gasteiger partial charge >= 0.3 is 5.70 Å². The largest absolute Gasteiger partial charge is 0.431 e. The predicted molar refractivity (Wildman–Crippen MR) is 95.5 cm³/mol. The van der Waals surface area contributed by atoms with Gasteiger partial charge in [0, 0.05) is 18.2 Å². The highest BCUT2D eigenvalue weighted by Crippen LogP contribution is 2.44. The number of hydrogen-bond donors (Lipinski definition) is 1. The first-order chi connectivity index (χ1) is 13.0. The summed E-state index contributed by atoms with van der Waals surface area (Å²) in [5.74, 6) is -2.23. The molecule has 0 amide bonds. The smallest absolute Gasteiger partial charge is 0.317 e. The second-order valence-corrected chi connectivity index (χ2v) is 6.11. The topological polar surface area (TPSA) is 98.5 Å². The van der Waals surface area contributed by atoms with Crippen LogP contribution in [0.4, 0.5) is 0 Å². The zero-order valence-electron chi connectivity index (χ0n) is 14.3. The number of rotatable bonds is 3. The molecule has 1 aliphatic heterocycles. The van der Waals surface area contributed by atoms with Crippen LogP contribution in [0, 0.1) is 10.1 Å². The van der Waals surface area contributed by atoms with Gasteiger partial charge in [-0.05, 0) is 5.56 Å². The molecule has 2 aliphatic rings. The molecule has 1 N–H and O–H groups in total. The van der Waals surface area contributed by atoms with Crippen molar-refractivity contribution >= 4 is 11.6 Å². The van der Waals surface area contributed by atoms with E-state index in [2.05, 4.69) is 5.32 Å². The first kappa shape index (κ1) is 16.7. The minimum atomic E-state index is -1.02. The van der Waals surface area contributed by atoms with Gasteiger partial charge in [-0.15, -0.1) is 0 Å². The first-order valence-corrected chi connectivity index (χ1v) is 8.26. The number of carbonyl (C=O) groups excluding carboxylic acids is 2. The van der Waals surface area contributed by atoms with Crippen molar-refractivity contribution in [2.75, 3.05) is 7.05 Å². The maximum atomic E-state index is 13.2. The molecule has 27 heavy (non-hydrogen) atoms. The third-order valence-corrected chi connectivity index (χ3v) is 4.67. The fourth-order valence-corrected chi connectivity index (χ4v) is 3.50. The van der Waals surface area contributed by atoms with E-state index < -0.39 is 22.4 Å². The van der Waals surface area contributed by atoms with E-state index in [4.69, 9.17) is 4.74 Å². The van der Waals surface area contributed by atoms with Gasteiger partial charge in [-0.3, -0.25) is 19.7 Å². The van der Waals surface area contributed by atoms with E-state index in [-0.39, 0.29) is 34.0 Å². The zero-order chi connectivity index (χ0) is 19.1. The fraction of sp³-hybridized carbons (Fsp3) is 0.100. The molecule has 4 rings (SSSR count). The molecule has 2 aromatic carbocycles. The summed E-state index contributed by atoms with van der Waals surface area (Å²) in [5.41, 5.74) is 0.682. The lowest BCUT2D eigenvalue weighted by atomic mass is 9.77. The van der Waals surface area contributed by atoms with Gasteiger partial charge in [-0.1, -0.05) is 54.6 Å². The Morgan fingerprint density at radius 1 is 0.963 bits per heavy atom. The fourth-order valence-electron chi connectivity index (χ4n) is 3.50. The molecule has 0 fully saturated rings. The number of nitrogens with zero attached hydrogens (tertiary/aromatic N) is 1. The molecule has 0 spiro atoms. The summed E-state index contributed by atoms with van der Waals surface area (Å²) in [4.78, 5) is 37.4. The van der Waals surface area contributed by atoms with E-state index in [0.717, 1.165) is 0 Å². The van der Waals surface area contributed by atoms with Crippen LogP contribution in [0.5, 0.6) is 0 Å². The molecule has 2 aromatic rings. The molecule has 1 aliphatic carbocycles. The van der Waals surface area contributed by atoms with Crippen molar-refractivity contribution in [2.24, 2.45) is 0 Å². The van der Waals surface area contributed by atoms with Crippen LogP contribution in [0.25, 0.3) is 0 Å². The average Bonchev–Trinajstić information content (AvgIpc) is 2.71. The van der Waals surface area contributed by atoms with E-state index in [1.54, 1.807) is 54.6 Å². The lowest BCUT2D eigenvalue weighted by molar-refractivity contribution is -0.433. The number of carbonyl (C=O) groups is 2. The molecule has 0 saturated heterocycles. The average molecular weight is 362 g/mol. The van der Waals surface area contributed by atoms with E-state index >= 15 is 0 Å². The minimum Gasteiger partial charge on any atom is -0.431 e. The number of benzene rings is 2. The Balaban J connectivity index is 2.00. The Bertz CT molecular complexity index is 1050. The molecule has 1 heterocycles. The number of ketones is 2. The van der Waals surface area contributed by atoms with Crippen molar-refractivity contribution in [3.63, 3.8) is 0 Å². The molecule has 7 nitrogen and oxygen atoms in total. The van der Waals surface area contributed by atoms with E-state index in [1.165, 1.54) is 7.05 Å². The Kier molecular flexibility index (Phi) is 3.84. The molecule has 0 radical (unpaired) electrons. The van der Waals surface area contributed by atoms with Crippen LogP contribution < -0.4 is 5.32 Å². The Hall–Kier alpha value is -3.74. The van der Waals surface area contributed by atoms with Crippen LogP contribution in [0.3, 0.4) is 0 Å². The van der Waals surface area contributed by atoms with Crippen molar-refractivity contribution in [1.82, 2.24) is 5.32 Å². The predicted octanol–water partition coefficient (Wildman–Crippen LogP) is 2.80. The molecule has 0 bridgehead atoms. The molecule has 7 heteroatoms. The SMILES string of the molecule is CNC1=C([N+](=O)[O-])C(c2ccccc2)C2=C(O1)C(=O)c1ccccc1C2=O. The number of allylic oxidation sites excluding steroid dienone is 2. The number of fused-ring (bicyclic) bond motifs is 1. The van der Waals surface area contributed by atoms with Gasteiger partial charge in [0.15, 0.2) is 11.5 Å². The van der Waals surface area contributed by atoms with Crippen molar-refractivity contribution in [2.45, 2.75) is 5.92 Å². The summed E-state index contributed by atoms with van der Waals surface area (Å²) >= 11 is 0. The molecular formula is C20H14N2O5. The van der Waals surface area contributed by atoms with Crippen molar-refractivity contribution in [3.8, 4) is 0 Å². The highest BCUT2D eigenvalue weighted by atomic mass is 16.6. The number of nitrogens with one attached hydrogen (secondary N) is 1. The van der Waals surface area contributed by atoms with Crippen LogP contribution in [-0.4, -0.2) is 23.5 Å². The van der Waals surface area contributed by atoms with Crippen LogP contribution in [0.1, 0.15) is 32.2 Å². The molecular weight excluding hydrogens is 348 g/mol. The number of ether oxygens (including phenoxy) is 1. The van der Waals surface area contributed by atoms with Gasteiger partial charge in [-0.25, -0.2) is 0 Å². The van der Waals surface area contributed by atoms with Crippen LogP contribution in [0.15, 0.2) is 77.5 Å². The monoisotopic (exact) mass is 362 g/mol. The lowest BCUT2D eigenvalue weighted by Gasteiger charge is -2.30. The lowest BCUT2D eigenvalue weighted by Crippen LogP contribution is -2.35. The Morgan fingerprint density at radius 2 is 1.56 bits per heavy atom. The van der Waals surface area contributed by atoms with Gasteiger partial charge in [0.25, 0.3) is 5.88 Å². The van der Waals surface area contributed by atoms with Crippen molar-refractivity contribution < 1.29 is 19.2 Å². The van der Waals surface area contributed by atoms with E-state index in [0.29, 0.717) is 5.56 Å². The van der Waals surface area contributed by atoms with Gasteiger partial charge < -0.3 is 10.1 Å². The second kappa shape index (κ2) is 6.21. The summed E-state index contributed by atoms with van der Waals surface area (Å²) in [6.45, 7) is 0. The highest BCUT2D eigenvalue weighted by molar-refractivity contribution is 6.27. The summed E-state index contributed by atoms with van der Waals surface area (Å²) in [6.07, 6.45) is 0. The molecule has 134 valence electrons. The second-order valence-electron chi connectivity index (χ2n) is 6.11. The number of Topliss-reactive ketones (excluding diaryl/α,β-unsaturated/α-hetero) is 2. The summed E-state index contributed by atoms with van der Waals surface area (Å²) in [7, 11) is 1.47.